The zero-order valence-corrected chi connectivity index (χ0v) is 13.7. The Morgan fingerprint density at radius 3 is 2.75 bits per heavy atom. The van der Waals surface area contributed by atoms with Crippen LogP contribution in [0.1, 0.15) is 29.7 Å². The number of rotatable bonds is 5. The van der Waals surface area contributed by atoms with Gasteiger partial charge in [0.2, 0.25) is 0 Å². The molecule has 24 heavy (non-hydrogen) atoms. The topological polar surface area (TPSA) is 50.1 Å². The van der Waals surface area contributed by atoms with Crippen LogP contribution in [0, 0.1) is 12.7 Å². The first-order valence-corrected chi connectivity index (χ1v) is 7.84. The quantitative estimate of drug-likeness (QED) is 0.746. The van der Waals surface area contributed by atoms with Crippen LogP contribution in [0.3, 0.4) is 0 Å². The van der Waals surface area contributed by atoms with E-state index < -0.39 is 0 Å². The molecule has 1 heterocycles. The molecule has 2 aromatic carbocycles. The predicted octanol–water partition coefficient (Wildman–Crippen LogP) is 3.99. The maximum atomic E-state index is 14.4. The van der Waals surface area contributed by atoms with Crippen LogP contribution in [0.15, 0.2) is 54.9 Å². The molecule has 1 unspecified atom stereocenters. The van der Waals surface area contributed by atoms with Gasteiger partial charge in [-0.2, -0.15) is 5.10 Å². The van der Waals surface area contributed by atoms with Crippen LogP contribution < -0.4 is 5.32 Å². The highest BCUT2D eigenvalue weighted by Crippen LogP contribution is 2.23. The molecule has 0 saturated heterocycles. The molecule has 1 atom stereocenters. The van der Waals surface area contributed by atoms with Gasteiger partial charge < -0.3 is 10.4 Å². The van der Waals surface area contributed by atoms with E-state index in [-0.39, 0.29) is 18.5 Å². The van der Waals surface area contributed by atoms with Crippen molar-refractivity contribution in [2.75, 3.05) is 5.32 Å². The van der Waals surface area contributed by atoms with Gasteiger partial charge in [-0.1, -0.05) is 24.3 Å². The molecule has 2 N–H and O–H groups in total. The monoisotopic (exact) mass is 325 g/mol. The van der Waals surface area contributed by atoms with E-state index in [1.807, 2.05) is 44.2 Å². The Kier molecular flexibility index (Phi) is 4.62. The third-order valence-electron chi connectivity index (χ3n) is 3.92. The first-order chi connectivity index (χ1) is 11.6. The molecule has 0 spiro atoms. The van der Waals surface area contributed by atoms with Gasteiger partial charge in [-0.05, 0) is 48.7 Å². The lowest BCUT2D eigenvalue weighted by Crippen LogP contribution is -2.08. The van der Waals surface area contributed by atoms with Gasteiger partial charge in [-0.3, -0.25) is 0 Å². The molecular formula is C19H20FN3O. The Balaban J connectivity index is 1.79. The van der Waals surface area contributed by atoms with Gasteiger partial charge in [-0.25, -0.2) is 9.07 Å². The van der Waals surface area contributed by atoms with Gasteiger partial charge in [0.05, 0.1) is 12.8 Å². The van der Waals surface area contributed by atoms with E-state index in [2.05, 4.69) is 10.4 Å². The van der Waals surface area contributed by atoms with E-state index in [1.54, 1.807) is 18.5 Å². The number of hydrogen-bond acceptors (Lipinski definition) is 3. The van der Waals surface area contributed by atoms with E-state index in [0.29, 0.717) is 11.4 Å². The Morgan fingerprint density at radius 2 is 2.08 bits per heavy atom. The summed E-state index contributed by atoms with van der Waals surface area (Å²) in [5.74, 6) is -0.334. The minimum Gasteiger partial charge on any atom is -0.392 e. The second-order valence-electron chi connectivity index (χ2n) is 5.90. The molecule has 0 aliphatic carbocycles. The van der Waals surface area contributed by atoms with Crippen LogP contribution in [0.4, 0.5) is 10.1 Å². The van der Waals surface area contributed by atoms with E-state index in [4.69, 9.17) is 0 Å². The molecule has 0 aliphatic rings. The summed E-state index contributed by atoms with van der Waals surface area (Å²) < 4.78 is 15.9. The van der Waals surface area contributed by atoms with Crippen LogP contribution in [0.5, 0.6) is 0 Å². The van der Waals surface area contributed by atoms with Crippen molar-refractivity contribution >= 4 is 5.69 Å². The van der Waals surface area contributed by atoms with Crippen LogP contribution in [-0.2, 0) is 6.61 Å². The zero-order chi connectivity index (χ0) is 17.1. The number of hydrogen-bond donors (Lipinski definition) is 2. The number of anilines is 1. The van der Waals surface area contributed by atoms with Crippen LogP contribution >= 0.6 is 0 Å². The van der Waals surface area contributed by atoms with Gasteiger partial charge in [-0.15, -0.1) is 0 Å². The predicted molar refractivity (Wildman–Crippen MR) is 92.7 cm³/mol. The summed E-state index contributed by atoms with van der Waals surface area (Å²) >= 11 is 0. The fourth-order valence-corrected chi connectivity index (χ4v) is 2.62. The average Bonchev–Trinajstić information content (AvgIpc) is 3.01. The number of benzene rings is 2. The van der Waals surface area contributed by atoms with Gasteiger partial charge in [0, 0.05) is 17.9 Å². The standard InChI is InChI=1S/C19H20FN3O/c1-13-10-21-23(11-13)19-7-6-17(9-18(19)20)22-14(2)16-5-3-4-15(8-16)12-24/h3-11,14,22,24H,12H2,1-2H3. The molecule has 0 bridgehead atoms. The second-order valence-corrected chi connectivity index (χ2v) is 5.90. The number of halogens is 1. The normalized spacial score (nSPS) is 12.2. The lowest BCUT2D eigenvalue weighted by Gasteiger charge is -2.17. The summed E-state index contributed by atoms with van der Waals surface area (Å²) in [5.41, 5.74) is 3.99. The van der Waals surface area contributed by atoms with Crippen molar-refractivity contribution in [1.82, 2.24) is 9.78 Å². The summed E-state index contributed by atoms with van der Waals surface area (Å²) in [4.78, 5) is 0. The molecule has 0 aliphatic heterocycles. The smallest absolute Gasteiger partial charge is 0.150 e. The van der Waals surface area contributed by atoms with Crippen LogP contribution in [-0.4, -0.2) is 14.9 Å². The largest absolute Gasteiger partial charge is 0.392 e. The third-order valence-corrected chi connectivity index (χ3v) is 3.92. The number of aliphatic hydroxyl groups is 1. The molecule has 3 aromatic rings. The Labute approximate surface area is 140 Å². The lowest BCUT2D eigenvalue weighted by atomic mass is 10.1. The Bertz CT molecular complexity index is 844. The van der Waals surface area contributed by atoms with E-state index in [1.165, 1.54) is 10.7 Å². The highest BCUT2D eigenvalue weighted by Gasteiger charge is 2.10. The van der Waals surface area contributed by atoms with Gasteiger partial charge >= 0.3 is 0 Å². The van der Waals surface area contributed by atoms with Crippen molar-refractivity contribution in [2.24, 2.45) is 0 Å². The summed E-state index contributed by atoms with van der Waals surface area (Å²) in [7, 11) is 0. The van der Waals surface area contributed by atoms with E-state index >= 15 is 0 Å². The molecule has 0 radical (unpaired) electrons. The highest BCUT2D eigenvalue weighted by molar-refractivity contribution is 5.51. The van der Waals surface area contributed by atoms with Crippen molar-refractivity contribution in [3.63, 3.8) is 0 Å². The summed E-state index contributed by atoms with van der Waals surface area (Å²) in [5, 5.41) is 16.7. The van der Waals surface area contributed by atoms with Crippen molar-refractivity contribution in [1.29, 1.82) is 0 Å². The first kappa shape index (κ1) is 16.2. The van der Waals surface area contributed by atoms with Gasteiger partial charge in [0.15, 0.2) is 5.82 Å². The van der Waals surface area contributed by atoms with Crippen LogP contribution in [0.25, 0.3) is 5.69 Å². The molecule has 0 amide bonds. The maximum absolute atomic E-state index is 14.4. The van der Waals surface area contributed by atoms with Crippen LogP contribution in [0.2, 0.25) is 0 Å². The molecule has 3 rings (SSSR count). The fourth-order valence-electron chi connectivity index (χ4n) is 2.62. The highest BCUT2D eigenvalue weighted by atomic mass is 19.1. The molecule has 4 nitrogen and oxygen atoms in total. The molecule has 5 heteroatoms. The van der Waals surface area contributed by atoms with E-state index in [9.17, 15) is 9.50 Å². The van der Waals surface area contributed by atoms with Crippen molar-refractivity contribution in [2.45, 2.75) is 26.5 Å². The SMILES string of the molecule is Cc1cnn(-c2ccc(NC(C)c3cccc(CO)c3)cc2F)c1. The summed E-state index contributed by atoms with van der Waals surface area (Å²) in [6, 6.07) is 12.7. The number of aromatic nitrogens is 2. The molecule has 0 saturated carbocycles. The Hall–Kier alpha value is -2.66. The van der Waals surface area contributed by atoms with Crippen molar-refractivity contribution < 1.29 is 9.50 Å². The number of aryl methyl sites for hydroxylation is 1. The number of aliphatic hydroxyl groups excluding tert-OH is 1. The second kappa shape index (κ2) is 6.84. The molecular weight excluding hydrogens is 305 g/mol. The maximum Gasteiger partial charge on any atom is 0.150 e. The van der Waals surface area contributed by atoms with Gasteiger partial charge in [0.25, 0.3) is 0 Å². The average molecular weight is 325 g/mol. The van der Waals surface area contributed by atoms with Gasteiger partial charge in [0.1, 0.15) is 5.69 Å². The van der Waals surface area contributed by atoms with Crippen molar-refractivity contribution in [3.8, 4) is 5.69 Å². The Morgan fingerprint density at radius 1 is 1.25 bits per heavy atom. The minimum absolute atomic E-state index is 0.00584. The minimum atomic E-state index is -0.334. The lowest BCUT2D eigenvalue weighted by molar-refractivity contribution is 0.281. The summed E-state index contributed by atoms with van der Waals surface area (Å²) in [6.45, 7) is 3.92. The fraction of sp³-hybridized carbons (Fsp3) is 0.211. The molecule has 124 valence electrons. The summed E-state index contributed by atoms with van der Waals surface area (Å²) in [6.07, 6.45) is 3.48. The molecule has 0 fully saturated rings. The number of nitrogens with zero attached hydrogens (tertiary/aromatic N) is 2. The first-order valence-electron chi connectivity index (χ1n) is 7.84. The zero-order valence-electron chi connectivity index (χ0n) is 13.7. The third kappa shape index (κ3) is 3.46. The van der Waals surface area contributed by atoms with Crippen molar-refractivity contribution in [3.05, 3.63) is 77.4 Å². The van der Waals surface area contributed by atoms with E-state index in [0.717, 1.165) is 16.7 Å². The number of nitrogens with one attached hydrogen (secondary N) is 1. The molecule has 1 aromatic heterocycles.